The van der Waals surface area contributed by atoms with Crippen LogP contribution >= 0.6 is 11.3 Å². The predicted octanol–water partition coefficient (Wildman–Crippen LogP) is 0.136. The minimum absolute atomic E-state index is 0.00619. The summed E-state index contributed by atoms with van der Waals surface area (Å²) in [7, 11) is -0.233. The van der Waals surface area contributed by atoms with Crippen molar-refractivity contribution in [2.75, 3.05) is 32.9 Å². The number of sulfonamides is 1. The number of aryl methyl sites for hydroxylation is 1. The van der Waals surface area contributed by atoms with E-state index in [-0.39, 0.29) is 11.7 Å². The van der Waals surface area contributed by atoms with E-state index in [1.54, 1.807) is 11.3 Å². The number of nitrogens with zero attached hydrogens (tertiary/aromatic N) is 3. The first-order valence-electron chi connectivity index (χ1n) is 6.49. The third kappa shape index (κ3) is 3.76. The Morgan fingerprint density at radius 2 is 2.20 bits per heavy atom. The Balaban J connectivity index is 1.95. The molecule has 0 aromatic carbocycles. The van der Waals surface area contributed by atoms with E-state index in [4.69, 9.17) is 0 Å². The Hall–Kier alpha value is -0.540. The smallest absolute Gasteiger partial charge is 0.214 e. The molecular formula is C12H21N3O3S2. The molecule has 0 radical (unpaired) electrons. The molecule has 1 aromatic rings. The zero-order valence-corrected chi connectivity index (χ0v) is 13.6. The van der Waals surface area contributed by atoms with Crippen LogP contribution in [0.5, 0.6) is 0 Å². The summed E-state index contributed by atoms with van der Waals surface area (Å²) in [4.78, 5) is 6.46. The fourth-order valence-electron chi connectivity index (χ4n) is 2.36. The van der Waals surface area contributed by atoms with Crippen LogP contribution in [0.3, 0.4) is 0 Å². The van der Waals surface area contributed by atoms with Gasteiger partial charge in [-0.1, -0.05) is 0 Å². The first-order chi connectivity index (χ1) is 9.28. The predicted molar refractivity (Wildman–Crippen MR) is 79.1 cm³/mol. The molecule has 1 aromatic heterocycles. The molecule has 20 heavy (non-hydrogen) atoms. The summed E-state index contributed by atoms with van der Waals surface area (Å²) in [5.74, 6) is -0.240. The summed E-state index contributed by atoms with van der Waals surface area (Å²) in [5, 5.41) is 13.1. The number of hydrogen-bond donors (Lipinski definition) is 1. The molecule has 0 unspecified atom stereocenters. The summed E-state index contributed by atoms with van der Waals surface area (Å²) < 4.78 is 25.0. The molecule has 1 N–H and O–H groups in total. The molecule has 0 bridgehead atoms. The van der Waals surface area contributed by atoms with E-state index in [9.17, 15) is 13.5 Å². The second kappa shape index (κ2) is 6.07. The summed E-state index contributed by atoms with van der Waals surface area (Å²) in [6.07, 6.45) is -0.593. The van der Waals surface area contributed by atoms with E-state index in [2.05, 4.69) is 9.88 Å². The van der Waals surface area contributed by atoms with Gasteiger partial charge in [0.2, 0.25) is 10.0 Å². The zero-order chi connectivity index (χ0) is 14.9. The lowest BCUT2D eigenvalue weighted by atomic mass is 10.1. The van der Waals surface area contributed by atoms with Gasteiger partial charge in [-0.05, 0) is 6.92 Å². The van der Waals surface area contributed by atoms with Crippen molar-refractivity contribution >= 4 is 21.4 Å². The van der Waals surface area contributed by atoms with Gasteiger partial charge in [0.1, 0.15) is 0 Å². The Morgan fingerprint density at radius 1 is 1.50 bits per heavy atom. The Morgan fingerprint density at radius 3 is 2.75 bits per heavy atom. The van der Waals surface area contributed by atoms with Crippen LogP contribution in [-0.2, 0) is 16.6 Å². The molecule has 8 heteroatoms. The van der Waals surface area contributed by atoms with E-state index >= 15 is 0 Å². The summed E-state index contributed by atoms with van der Waals surface area (Å²) >= 11 is 1.60. The topological polar surface area (TPSA) is 73.7 Å². The fraction of sp³-hybridized carbons (Fsp3) is 0.750. The molecule has 6 nitrogen and oxygen atoms in total. The Kier molecular flexibility index (Phi) is 4.80. The van der Waals surface area contributed by atoms with Gasteiger partial charge in [0, 0.05) is 45.0 Å². The average Bonchev–Trinajstić information content (AvgIpc) is 2.86. The van der Waals surface area contributed by atoms with Gasteiger partial charge in [-0.2, -0.15) is 0 Å². The van der Waals surface area contributed by atoms with Crippen LogP contribution in [-0.4, -0.2) is 66.8 Å². The van der Waals surface area contributed by atoms with Gasteiger partial charge in [-0.25, -0.2) is 17.7 Å². The summed E-state index contributed by atoms with van der Waals surface area (Å²) in [5.41, 5.74) is 0.982. The quantitative estimate of drug-likeness (QED) is 0.835. The van der Waals surface area contributed by atoms with Crippen LogP contribution in [0.4, 0.5) is 0 Å². The molecule has 114 valence electrons. The van der Waals surface area contributed by atoms with Crippen LogP contribution in [0.2, 0.25) is 0 Å². The van der Waals surface area contributed by atoms with Crippen LogP contribution in [0.1, 0.15) is 10.7 Å². The number of aliphatic hydroxyl groups excluding tert-OH is 1. The lowest BCUT2D eigenvalue weighted by Gasteiger charge is -2.17. The minimum atomic E-state index is -3.27. The molecule has 1 aliphatic rings. The minimum Gasteiger partial charge on any atom is -0.391 e. The lowest BCUT2D eigenvalue weighted by Crippen LogP contribution is -2.33. The maximum atomic E-state index is 11.9. The highest BCUT2D eigenvalue weighted by molar-refractivity contribution is 7.89. The van der Waals surface area contributed by atoms with Crippen molar-refractivity contribution in [2.24, 2.45) is 5.92 Å². The number of aromatic nitrogens is 1. The van der Waals surface area contributed by atoms with Crippen molar-refractivity contribution in [1.29, 1.82) is 0 Å². The third-order valence-corrected chi connectivity index (χ3v) is 6.30. The van der Waals surface area contributed by atoms with Crippen LogP contribution in [0.15, 0.2) is 5.38 Å². The second-order valence-corrected chi connectivity index (χ2v) is 8.73. The summed E-state index contributed by atoms with van der Waals surface area (Å²) in [6, 6.07) is 0. The van der Waals surface area contributed by atoms with Gasteiger partial charge < -0.3 is 5.11 Å². The van der Waals surface area contributed by atoms with Crippen LogP contribution in [0.25, 0.3) is 0 Å². The van der Waals surface area contributed by atoms with E-state index in [1.165, 1.54) is 18.4 Å². The molecule has 0 aliphatic carbocycles. The van der Waals surface area contributed by atoms with Crippen molar-refractivity contribution in [3.63, 3.8) is 0 Å². The molecule has 2 heterocycles. The van der Waals surface area contributed by atoms with Gasteiger partial charge in [-0.3, -0.25) is 4.90 Å². The molecule has 0 saturated carbocycles. The largest absolute Gasteiger partial charge is 0.391 e. The van der Waals surface area contributed by atoms with Gasteiger partial charge in [-0.15, -0.1) is 11.3 Å². The van der Waals surface area contributed by atoms with E-state index in [0.29, 0.717) is 19.6 Å². The third-order valence-electron chi connectivity index (χ3n) is 3.52. The lowest BCUT2D eigenvalue weighted by molar-refractivity contribution is 0.148. The van der Waals surface area contributed by atoms with Gasteiger partial charge in [0.15, 0.2) is 0 Å². The SMILES string of the molecule is Cc1nc(CN2C[C@@H](CS(=O)(=O)N(C)C)[C@H](O)C2)cs1. The first kappa shape index (κ1) is 15.8. The maximum Gasteiger partial charge on any atom is 0.214 e. The average molecular weight is 319 g/mol. The standard InChI is InChI=1S/C12H21N3O3S2/c1-9-13-11(7-19-9)5-15-4-10(12(16)6-15)8-20(17,18)14(2)3/h7,10,12,16H,4-6,8H2,1-3H3/t10-,12+/m0/s1. The second-order valence-electron chi connectivity index (χ2n) is 5.44. The molecule has 1 fully saturated rings. The van der Waals surface area contributed by atoms with Gasteiger partial charge in [0.05, 0.1) is 22.6 Å². The van der Waals surface area contributed by atoms with Crippen LogP contribution in [0, 0.1) is 12.8 Å². The number of likely N-dealkylation sites (tertiary alicyclic amines) is 1. The van der Waals surface area contributed by atoms with Crippen molar-refractivity contribution in [2.45, 2.75) is 19.6 Å². The normalized spacial score (nSPS) is 24.6. The molecule has 1 saturated heterocycles. The molecule has 1 aliphatic heterocycles. The number of β-amino-alcohol motifs (C(OH)–C–C–N with tert-alkyl or cyclic N) is 1. The van der Waals surface area contributed by atoms with E-state index in [0.717, 1.165) is 10.7 Å². The number of rotatable bonds is 5. The molecule has 2 rings (SSSR count). The molecular weight excluding hydrogens is 298 g/mol. The van der Waals surface area contributed by atoms with Gasteiger partial charge in [0.25, 0.3) is 0 Å². The van der Waals surface area contributed by atoms with Crippen molar-refractivity contribution in [3.05, 3.63) is 16.1 Å². The fourth-order valence-corrected chi connectivity index (χ4v) is 4.13. The molecule has 2 atom stereocenters. The van der Waals surface area contributed by atoms with Crippen molar-refractivity contribution in [1.82, 2.24) is 14.2 Å². The molecule has 0 spiro atoms. The Bertz CT molecular complexity index is 556. The highest BCUT2D eigenvalue weighted by Crippen LogP contribution is 2.22. The molecule has 0 amide bonds. The highest BCUT2D eigenvalue weighted by Gasteiger charge is 2.35. The van der Waals surface area contributed by atoms with E-state index < -0.39 is 16.1 Å². The first-order valence-corrected chi connectivity index (χ1v) is 8.98. The highest BCUT2D eigenvalue weighted by atomic mass is 32.2. The monoisotopic (exact) mass is 319 g/mol. The number of hydrogen-bond acceptors (Lipinski definition) is 6. The maximum absolute atomic E-state index is 11.9. The van der Waals surface area contributed by atoms with Crippen molar-refractivity contribution < 1.29 is 13.5 Å². The Labute approximate surface area is 124 Å². The van der Waals surface area contributed by atoms with Gasteiger partial charge >= 0.3 is 0 Å². The van der Waals surface area contributed by atoms with E-state index in [1.807, 2.05) is 12.3 Å². The number of aliphatic hydroxyl groups is 1. The zero-order valence-electron chi connectivity index (χ0n) is 12.0. The number of thiazole rings is 1. The summed E-state index contributed by atoms with van der Waals surface area (Å²) in [6.45, 7) is 3.72. The van der Waals surface area contributed by atoms with Crippen LogP contribution < -0.4 is 0 Å². The van der Waals surface area contributed by atoms with Crippen molar-refractivity contribution in [3.8, 4) is 0 Å².